The van der Waals surface area contributed by atoms with Crippen molar-refractivity contribution in [2.45, 2.75) is 25.9 Å². The van der Waals surface area contributed by atoms with E-state index in [1.165, 1.54) is 0 Å². The maximum Gasteiger partial charge on any atom is 0.0994 e. The van der Waals surface area contributed by atoms with Gasteiger partial charge in [0, 0.05) is 6.42 Å². The maximum atomic E-state index is 9.58. The Labute approximate surface area is 78.4 Å². The topological polar surface area (TPSA) is 44.0 Å². The van der Waals surface area contributed by atoms with Crippen LogP contribution in [-0.4, -0.2) is 10.7 Å². The van der Waals surface area contributed by atoms with E-state index in [0.717, 1.165) is 5.56 Å². The molecule has 0 spiro atoms. The van der Waals surface area contributed by atoms with Crippen LogP contribution >= 0.6 is 0 Å². The molecule has 0 aromatic heterocycles. The van der Waals surface area contributed by atoms with Crippen molar-refractivity contribution in [3.63, 3.8) is 0 Å². The van der Waals surface area contributed by atoms with Gasteiger partial charge in [-0.15, -0.1) is 0 Å². The first kappa shape index (κ1) is 9.76. The zero-order valence-electron chi connectivity index (χ0n) is 7.91. The standard InChI is InChI=1S/C11H13NO/c1-11(2,13)7-9-5-3-4-6-10(9)8-12/h3-6,13H,7H2,1-2H3. The van der Waals surface area contributed by atoms with E-state index in [1.54, 1.807) is 19.9 Å². The van der Waals surface area contributed by atoms with E-state index in [4.69, 9.17) is 5.26 Å². The highest BCUT2D eigenvalue weighted by Gasteiger charge is 2.15. The second-order valence-electron chi connectivity index (χ2n) is 3.76. The highest BCUT2D eigenvalue weighted by atomic mass is 16.3. The van der Waals surface area contributed by atoms with Gasteiger partial charge in [-0.1, -0.05) is 18.2 Å². The zero-order chi connectivity index (χ0) is 9.90. The van der Waals surface area contributed by atoms with Gasteiger partial charge in [0.25, 0.3) is 0 Å². The molecule has 2 heteroatoms. The molecule has 0 fully saturated rings. The maximum absolute atomic E-state index is 9.58. The lowest BCUT2D eigenvalue weighted by molar-refractivity contribution is 0.0809. The fourth-order valence-electron chi connectivity index (χ4n) is 1.25. The molecule has 1 rings (SSSR count). The number of benzene rings is 1. The van der Waals surface area contributed by atoms with E-state index in [2.05, 4.69) is 6.07 Å². The third-order valence-corrected chi connectivity index (χ3v) is 1.76. The van der Waals surface area contributed by atoms with E-state index in [-0.39, 0.29) is 0 Å². The lowest BCUT2D eigenvalue weighted by atomic mass is 9.95. The third kappa shape index (κ3) is 2.89. The van der Waals surface area contributed by atoms with Gasteiger partial charge in [0.2, 0.25) is 0 Å². The molecule has 0 saturated heterocycles. The van der Waals surface area contributed by atoms with Crippen LogP contribution in [0.1, 0.15) is 25.0 Å². The Bertz CT molecular complexity index is 331. The van der Waals surface area contributed by atoms with Gasteiger partial charge in [-0.2, -0.15) is 5.26 Å². The minimum Gasteiger partial charge on any atom is -0.390 e. The van der Waals surface area contributed by atoms with Crippen LogP contribution in [0.5, 0.6) is 0 Å². The van der Waals surface area contributed by atoms with Crippen molar-refractivity contribution in [1.82, 2.24) is 0 Å². The second-order valence-corrected chi connectivity index (χ2v) is 3.76. The highest BCUT2D eigenvalue weighted by Crippen LogP contribution is 2.15. The number of hydrogen-bond acceptors (Lipinski definition) is 2. The summed E-state index contributed by atoms with van der Waals surface area (Å²) in [6, 6.07) is 9.45. The van der Waals surface area contributed by atoms with Gasteiger partial charge in [-0.3, -0.25) is 0 Å². The van der Waals surface area contributed by atoms with Crippen LogP contribution in [0.2, 0.25) is 0 Å². The molecule has 1 aromatic rings. The lowest BCUT2D eigenvalue weighted by Gasteiger charge is -2.17. The summed E-state index contributed by atoms with van der Waals surface area (Å²) < 4.78 is 0. The Balaban J connectivity index is 2.96. The van der Waals surface area contributed by atoms with E-state index in [1.807, 2.05) is 18.2 Å². The first-order chi connectivity index (χ1) is 6.03. The summed E-state index contributed by atoms with van der Waals surface area (Å²) in [6.45, 7) is 3.47. The molecule has 0 bridgehead atoms. The van der Waals surface area contributed by atoms with Gasteiger partial charge in [-0.25, -0.2) is 0 Å². The molecule has 0 radical (unpaired) electrons. The molecule has 0 heterocycles. The zero-order valence-corrected chi connectivity index (χ0v) is 7.91. The van der Waals surface area contributed by atoms with Crippen molar-refractivity contribution in [1.29, 1.82) is 5.26 Å². The molecule has 13 heavy (non-hydrogen) atoms. The Morgan fingerprint density at radius 1 is 1.38 bits per heavy atom. The largest absolute Gasteiger partial charge is 0.390 e. The fraction of sp³-hybridized carbons (Fsp3) is 0.364. The van der Waals surface area contributed by atoms with Gasteiger partial charge in [-0.05, 0) is 25.5 Å². The van der Waals surface area contributed by atoms with Gasteiger partial charge < -0.3 is 5.11 Å². The Kier molecular flexibility index (Phi) is 2.69. The molecule has 0 aliphatic carbocycles. The predicted molar refractivity (Wildman–Crippen MR) is 51.2 cm³/mol. The van der Waals surface area contributed by atoms with Gasteiger partial charge in [0.1, 0.15) is 0 Å². The second kappa shape index (κ2) is 3.59. The molecule has 0 aliphatic heterocycles. The monoisotopic (exact) mass is 175 g/mol. The van der Waals surface area contributed by atoms with Crippen molar-refractivity contribution in [3.05, 3.63) is 35.4 Å². The molecule has 0 aliphatic rings. The van der Waals surface area contributed by atoms with Crippen molar-refractivity contribution in [2.75, 3.05) is 0 Å². The van der Waals surface area contributed by atoms with Crippen LogP contribution < -0.4 is 0 Å². The minimum atomic E-state index is -0.757. The van der Waals surface area contributed by atoms with Crippen LogP contribution in [0.4, 0.5) is 0 Å². The summed E-state index contributed by atoms with van der Waals surface area (Å²) in [7, 11) is 0. The molecule has 0 unspecified atom stereocenters. The molecular weight excluding hydrogens is 162 g/mol. The van der Waals surface area contributed by atoms with Crippen molar-refractivity contribution in [2.24, 2.45) is 0 Å². The molecule has 68 valence electrons. The number of hydrogen-bond donors (Lipinski definition) is 1. The number of rotatable bonds is 2. The average Bonchev–Trinajstić information content (AvgIpc) is 2.02. The molecule has 0 atom stereocenters. The smallest absolute Gasteiger partial charge is 0.0994 e. The van der Waals surface area contributed by atoms with Crippen LogP contribution in [-0.2, 0) is 6.42 Å². The minimum absolute atomic E-state index is 0.511. The van der Waals surface area contributed by atoms with E-state index >= 15 is 0 Å². The number of aliphatic hydroxyl groups is 1. The molecule has 0 amide bonds. The first-order valence-electron chi connectivity index (χ1n) is 4.23. The fourth-order valence-corrected chi connectivity index (χ4v) is 1.25. The summed E-state index contributed by atoms with van der Waals surface area (Å²) in [5.74, 6) is 0. The van der Waals surface area contributed by atoms with Crippen molar-refractivity contribution < 1.29 is 5.11 Å². The summed E-state index contributed by atoms with van der Waals surface area (Å²) in [5.41, 5.74) is 0.787. The van der Waals surface area contributed by atoms with E-state index in [9.17, 15) is 5.11 Å². The van der Waals surface area contributed by atoms with E-state index in [0.29, 0.717) is 12.0 Å². The van der Waals surface area contributed by atoms with Crippen LogP contribution in [0.15, 0.2) is 24.3 Å². The normalized spacial score (nSPS) is 10.9. The molecule has 1 aromatic carbocycles. The molecular formula is C11H13NO. The summed E-state index contributed by atoms with van der Waals surface area (Å²) in [4.78, 5) is 0. The van der Waals surface area contributed by atoms with Crippen LogP contribution in [0, 0.1) is 11.3 Å². The summed E-state index contributed by atoms with van der Waals surface area (Å²) in [6.07, 6.45) is 0.511. The molecule has 0 saturated carbocycles. The Hall–Kier alpha value is -1.33. The lowest BCUT2D eigenvalue weighted by Crippen LogP contribution is -2.22. The van der Waals surface area contributed by atoms with Crippen LogP contribution in [0.3, 0.4) is 0 Å². The highest BCUT2D eigenvalue weighted by molar-refractivity contribution is 5.37. The molecule has 2 nitrogen and oxygen atoms in total. The Morgan fingerprint density at radius 2 is 2.00 bits per heavy atom. The van der Waals surface area contributed by atoms with Gasteiger partial charge in [0.15, 0.2) is 0 Å². The summed E-state index contributed by atoms with van der Waals surface area (Å²) >= 11 is 0. The third-order valence-electron chi connectivity index (χ3n) is 1.76. The van der Waals surface area contributed by atoms with Crippen LogP contribution in [0.25, 0.3) is 0 Å². The first-order valence-corrected chi connectivity index (χ1v) is 4.23. The van der Waals surface area contributed by atoms with Gasteiger partial charge in [0.05, 0.1) is 17.2 Å². The average molecular weight is 175 g/mol. The number of nitriles is 1. The van der Waals surface area contributed by atoms with E-state index < -0.39 is 5.60 Å². The molecule has 1 N–H and O–H groups in total. The van der Waals surface area contributed by atoms with Gasteiger partial charge >= 0.3 is 0 Å². The van der Waals surface area contributed by atoms with Crippen molar-refractivity contribution >= 4 is 0 Å². The van der Waals surface area contributed by atoms with Crippen molar-refractivity contribution in [3.8, 4) is 6.07 Å². The SMILES string of the molecule is CC(C)(O)Cc1ccccc1C#N. The Morgan fingerprint density at radius 3 is 2.54 bits per heavy atom. The predicted octanol–water partition coefficient (Wildman–Crippen LogP) is 1.87. The summed E-state index contributed by atoms with van der Waals surface area (Å²) in [5, 5.41) is 18.4. The quantitative estimate of drug-likeness (QED) is 0.745. The number of nitrogens with zero attached hydrogens (tertiary/aromatic N) is 1.